The first-order valence-electron chi connectivity index (χ1n) is 9.12. The number of methoxy groups -OCH3 is 1. The quantitative estimate of drug-likeness (QED) is 0.593. The molecule has 3 aromatic rings. The molecule has 0 radical (unpaired) electrons. The summed E-state index contributed by atoms with van der Waals surface area (Å²) in [6.07, 6.45) is 0. The van der Waals surface area contributed by atoms with Gasteiger partial charge in [-0.25, -0.2) is 12.8 Å². The summed E-state index contributed by atoms with van der Waals surface area (Å²) < 4.78 is 46.5. The Hall–Kier alpha value is -3.39. The molecule has 30 heavy (non-hydrogen) atoms. The van der Waals surface area contributed by atoms with Crippen molar-refractivity contribution in [2.24, 2.45) is 0 Å². The van der Waals surface area contributed by atoms with Gasteiger partial charge in [-0.15, -0.1) is 0 Å². The maximum absolute atomic E-state index is 13.9. The molecule has 3 aromatic carbocycles. The van der Waals surface area contributed by atoms with Crippen molar-refractivity contribution in [1.82, 2.24) is 5.32 Å². The largest absolute Gasteiger partial charge is 0.497 e. The molecule has 156 valence electrons. The topological polar surface area (TPSA) is 84.5 Å². The average molecular weight is 428 g/mol. The Balaban J connectivity index is 1.70. The van der Waals surface area contributed by atoms with E-state index in [2.05, 4.69) is 10.0 Å². The second-order valence-electron chi connectivity index (χ2n) is 6.58. The van der Waals surface area contributed by atoms with Crippen LogP contribution in [0.4, 0.5) is 10.1 Å². The highest BCUT2D eigenvalue weighted by Crippen LogP contribution is 2.20. The van der Waals surface area contributed by atoms with Crippen LogP contribution in [0.5, 0.6) is 5.75 Å². The summed E-state index contributed by atoms with van der Waals surface area (Å²) in [6.45, 7) is 1.67. The Morgan fingerprint density at radius 3 is 2.20 bits per heavy atom. The molecule has 0 bridgehead atoms. The maximum Gasteiger partial charge on any atom is 0.261 e. The Bertz CT molecular complexity index is 1130. The zero-order valence-corrected chi connectivity index (χ0v) is 17.2. The lowest BCUT2D eigenvalue weighted by atomic mass is 10.1. The fourth-order valence-corrected chi connectivity index (χ4v) is 3.90. The van der Waals surface area contributed by atoms with Crippen molar-refractivity contribution < 1.29 is 22.3 Å². The second kappa shape index (κ2) is 8.96. The van der Waals surface area contributed by atoms with Crippen LogP contribution >= 0.6 is 0 Å². The predicted molar refractivity (Wildman–Crippen MR) is 113 cm³/mol. The number of amides is 1. The smallest absolute Gasteiger partial charge is 0.261 e. The Labute approximate surface area is 174 Å². The van der Waals surface area contributed by atoms with Crippen LogP contribution < -0.4 is 14.8 Å². The molecule has 1 amide bonds. The average Bonchev–Trinajstić information content (AvgIpc) is 2.74. The first kappa shape index (κ1) is 21.3. The number of halogens is 1. The molecule has 0 spiro atoms. The summed E-state index contributed by atoms with van der Waals surface area (Å²) in [5.41, 5.74) is 1.02. The van der Waals surface area contributed by atoms with E-state index in [1.54, 1.807) is 49.4 Å². The van der Waals surface area contributed by atoms with Gasteiger partial charge in [-0.2, -0.15) is 0 Å². The third-order valence-electron chi connectivity index (χ3n) is 4.49. The molecule has 8 heteroatoms. The molecule has 0 saturated heterocycles. The van der Waals surface area contributed by atoms with Crippen LogP contribution in [0.25, 0.3) is 0 Å². The van der Waals surface area contributed by atoms with E-state index in [4.69, 9.17) is 4.74 Å². The van der Waals surface area contributed by atoms with E-state index in [1.165, 1.54) is 37.4 Å². The Morgan fingerprint density at radius 1 is 0.967 bits per heavy atom. The summed E-state index contributed by atoms with van der Waals surface area (Å²) in [4.78, 5) is 12.5. The number of rotatable bonds is 7. The number of benzene rings is 3. The normalized spacial score (nSPS) is 12.1. The van der Waals surface area contributed by atoms with Gasteiger partial charge in [-0.1, -0.05) is 18.2 Å². The van der Waals surface area contributed by atoms with Crippen molar-refractivity contribution in [3.63, 3.8) is 0 Å². The fraction of sp³-hybridized carbons (Fsp3) is 0.136. The van der Waals surface area contributed by atoms with E-state index in [-0.39, 0.29) is 10.5 Å². The van der Waals surface area contributed by atoms with Gasteiger partial charge in [0.05, 0.1) is 18.0 Å². The number of hydrogen-bond acceptors (Lipinski definition) is 4. The summed E-state index contributed by atoms with van der Waals surface area (Å²) in [5.74, 6) is -0.230. The van der Waals surface area contributed by atoms with Gasteiger partial charge in [0.15, 0.2) is 0 Å². The molecular formula is C22H21FN2O4S. The standard InChI is InChI=1S/C22H21FN2O4S/c1-15(20-5-3-4-6-21(20)23)24-22(26)16-7-13-19(14-8-16)30(27,28)25-17-9-11-18(29-2)12-10-17/h3-15,25H,1-2H3,(H,24,26). The SMILES string of the molecule is COc1ccc(NS(=O)(=O)c2ccc(C(=O)NC(C)c3ccccc3F)cc2)cc1. The van der Waals surface area contributed by atoms with Gasteiger partial charge in [0.25, 0.3) is 15.9 Å². The number of carbonyl (C=O) groups excluding carboxylic acids is 1. The fourth-order valence-electron chi connectivity index (χ4n) is 2.84. The lowest BCUT2D eigenvalue weighted by molar-refractivity contribution is 0.0939. The second-order valence-corrected chi connectivity index (χ2v) is 8.26. The summed E-state index contributed by atoms with van der Waals surface area (Å²) in [7, 11) is -2.30. The third kappa shape index (κ3) is 4.96. The van der Waals surface area contributed by atoms with Crippen molar-refractivity contribution in [2.45, 2.75) is 17.9 Å². The van der Waals surface area contributed by atoms with Gasteiger partial charge in [0.1, 0.15) is 11.6 Å². The van der Waals surface area contributed by atoms with E-state index in [0.717, 1.165) is 0 Å². The van der Waals surface area contributed by atoms with Gasteiger partial charge in [-0.05, 0) is 61.5 Å². The lowest BCUT2D eigenvalue weighted by Crippen LogP contribution is -2.27. The highest BCUT2D eigenvalue weighted by Gasteiger charge is 2.17. The van der Waals surface area contributed by atoms with Crippen LogP contribution in [0.3, 0.4) is 0 Å². The monoisotopic (exact) mass is 428 g/mol. The Morgan fingerprint density at radius 2 is 1.60 bits per heavy atom. The van der Waals surface area contributed by atoms with E-state index in [1.807, 2.05) is 0 Å². The predicted octanol–water partition coefficient (Wildman–Crippen LogP) is 4.13. The maximum atomic E-state index is 13.9. The minimum absolute atomic E-state index is 0.0111. The molecule has 0 aromatic heterocycles. The molecule has 6 nitrogen and oxygen atoms in total. The molecule has 2 N–H and O–H groups in total. The molecule has 0 aliphatic heterocycles. The first-order chi connectivity index (χ1) is 14.3. The van der Waals surface area contributed by atoms with E-state index >= 15 is 0 Å². The van der Waals surface area contributed by atoms with Crippen molar-refractivity contribution in [1.29, 1.82) is 0 Å². The van der Waals surface area contributed by atoms with E-state index < -0.39 is 27.8 Å². The zero-order chi connectivity index (χ0) is 21.7. The van der Waals surface area contributed by atoms with Crippen LogP contribution in [0.2, 0.25) is 0 Å². The number of ether oxygens (including phenoxy) is 1. The lowest BCUT2D eigenvalue weighted by Gasteiger charge is -2.15. The molecule has 0 saturated carbocycles. The molecule has 0 aliphatic carbocycles. The third-order valence-corrected chi connectivity index (χ3v) is 5.89. The number of sulfonamides is 1. The van der Waals surface area contributed by atoms with Gasteiger partial charge >= 0.3 is 0 Å². The molecule has 0 fully saturated rings. The minimum Gasteiger partial charge on any atom is -0.497 e. The Kier molecular flexibility index (Phi) is 6.37. The molecule has 1 atom stereocenters. The minimum atomic E-state index is -3.82. The van der Waals surface area contributed by atoms with Gasteiger partial charge in [0, 0.05) is 16.8 Å². The van der Waals surface area contributed by atoms with Gasteiger partial charge < -0.3 is 10.1 Å². The first-order valence-corrected chi connectivity index (χ1v) is 10.6. The highest BCUT2D eigenvalue weighted by atomic mass is 32.2. The molecule has 0 heterocycles. The van der Waals surface area contributed by atoms with Crippen molar-refractivity contribution in [3.05, 3.63) is 89.7 Å². The van der Waals surface area contributed by atoms with Crippen LogP contribution in [0.15, 0.2) is 77.7 Å². The van der Waals surface area contributed by atoms with Crippen LogP contribution in [0.1, 0.15) is 28.9 Å². The highest BCUT2D eigenvalue weighted by molar-refractivity contribution is 7.92. The molecule has 0 aliphatic rings. The summed E-state index contributed by atoms with van der Waals surface area (Å²) in [5, 5.41) is 2.71. The van der Waals surface area contributed by atoms with E-state index in [0.29, 0.717) is 17.0 Å². The van der Waals surface area contributed by atoms with E-state index in [9.17, 15) is 17.6 Å². The van der Waals surface area contributed by atoms with Crippen LogP contribution in [0, 0.1) is 5.82 Å². The van der Waals surface area contributed by atoms with Gasteiger partial charge in [-0.3, -0.25) is 9.52 Å². The molecule has 1 unspecified atom stereocenters. The van der Waals surface area contributed by atoms with Crippen molar-refractivity contribution >= 4 is 21.6 Å². The van der Waals surface area contributed by atoms with Crippen molar-refractivity contribution in [3.8, 4) is 5.75 Å². The van der Waals surface area contributed by atoms with Gasteiger partial charge in [0.2, 0.25) is 0 Å². The van der Waals surface area contributed by atoms with Crippen molar-refractivity contribution in [2.75, 3.05) is 11.8 Å². The molecule has 3 rings (SSSR count). The zero-order valence-electron chi connectivity index (χ0n) is 16.4. The summed E-state index contributed by atoms with van der Waals surface area (Å²) in [6, 6.07) is 17.6. The number of nitrogens with one attached hydrogen (secondary N) is 2. The summed E-state index contributed by atoms with van der Waals surface area (Å²) >= 11 is 0. The van der Waals surface area contributed by atoms with Crippen LogP contribution in [-0.2, 0) is 10.0 Å². The van der Waals surface area contributed by atoms with Crippen LogP contribution in [-0.4, -0.2) is 21.4 Å². The molecular weight excluding hydrogens is 407 g/mol. The number of carbonyl (C=O) groups is 1. The number of hydrogen-bond donors (Lipinski definition) is 2. The number of anilines is 1.